The van der Waals surface area contributed by atoms with Crippen molar-refractivity contribution in [2.45, 2.75) is 32.7 Å². The van der Waals surface area contributed by atoms with Crippen LogP contribution in [-0.2, 0) is 9.59 Å². The van der Waals surface area contributed by atoms with Gasteiger partial charge in [0, 0.05) is 25.7 Å². The first-order valence-electron chi connectivity index (χ1n) is 7.45. The number of amides is 1. The molecule has 1 saturated heterocycles. The van der Waals surface area contributed by atoms with E-state index in [0.717, 1.165) is 13.1 Å². The molecule has 0 bridgehead atoms. The van der Waals surface area contributed by atoms with Crippen molar-refractivity contribution in [1.82, 2.24) is 9.80 Å². The number of nitrogens with zero attached hydrogens (tertiary/aromatic N) is 2. The quantitative estimate of drug-likeness (QED) is 0.789. The summed E-state index contributed by atoms with van der Waals surface area (Å²) in [6.07, 6.45) is 4.84. The highest BCUT2D eigenvalue weighted by molar-refractivity contribution is 5.85. The maximum Gasteiger partial charge on any atom is 0.307 e. The average molecular weight is 280 g/mol. The molecule has 3 atom stereocenters. The van der Waals surface area contributed by atoms with Crippen molar-refractivity contribution in [3.05, 3.63) is 12.2 Å². The second kappa shape index (κ2) is 6.39. The Morgan fingerprint density at radius 1 is 1.20 bits per heavy atom. The Bertz CT molecular complexity index is 408. The van der Waals surface area contributed by atoms with E-state index in [-0.39, 0.29) is 5.91 Å². The van der Waals surface area contributed by atoms with Crippen LogP contribution in [0.1, 0.15) is 26.7 Å². The first-order valence-corrected chi connectivity index (χ1v) is 7.45. The monoisotopic (exact) mass is 280 g/mol. The summed E-state index contributed by atoms with van der Waals surface area (Å²) in [5, 5.41) is 9.28. The molecule has 1 amide bonds. The second-order valence-corrected chi connectivity index (χ2v) is 5.76. The standard InChI is InChI=1S/C15H24N2O3/c1-3-16-8-9-17(10-11(16)2)14(18)12-6-4-5-7-13(12)15(19)20/h4-5,11-13H,3,6-10H2,1-2H3,(H,19,20)/t11?,12-,13+/m1/s1. The van der Waals surface area contributed by atoms with Gasteiger partial charge in [0.25, 0.3) is 0 Å². The fourth-order valence-electron chi connectivity index (χ4n) is 3.26. The number of likely N-dealkylation sites (N-methyl/N-ethyl adjacent to an activating group) is 1. The summed E-state index contributed by atoms with van der Waals surface area (Å²) < 4.78 is 0. The van der Waals surface area contributed by atoms with E-state index in [2.05, 4.69) is 18.7 Å². The van der Waals surface area contributed by atoms with Gasteiger partial charge in [-0.25, -0.2) is 0 Å². The fourth-order valence-corrected chi connectivity index (χ4v) is 3.26. The van der Waals surface area contributed by atoms with Crippen molar-refractivity contribution in [1.29, 1.82) is 0 Å². The first kappa shape index (κ1) is 15.0. The summed E-state index contributed by atoms with van der Waals surface area (Å²) in [4.78, 5) is 28.1. The highest BCUT2D eigenvalue weighted by Gasteiger charge is 2.37. The predicted octanol–water partition coefficient (Wildman–Crippen LogP) is 1.21. The van der Waals surface area contributed by atoms with Gasteiger partial charge in [0.05, 0.1) is 11.8 Å². The van der Waals surface area contributed by atoms with Gasteiger partial charge in [-0.05, 0) is 26.3 Å². The zero-order valence-corrected chi connectivity index (χ0v) is 12.3. The summed E-state index contributed by atoms with van der Waals surface area (Å²) in [5.41, 5.74) is 0. The van der Waals surface area contributed by atoms with Gasteiger partial charge >= 0.3 is 5.97 Å². The Labute approximate surface area is 120 Å². The number of carboxylic acids is 1. The number of carboxylic acid groups (broad SMARTS) is 1. The summed E-state index contributed by atoms with van der Waals surface area (Å²) in [5.74, 6) is -1.79. The molecule has 0 aromatic heterocycles. The Morgan fingerprint density at radius 2 is 1.85 bits per heavy atom. The second-order valence-electron chi connectivity index (χ2n) is 5.76. The van der Waals surface area contributed by atoms with Crippen LogP contribution in [0.25, 0.3) is 0 Å². The normalized spacial score (nSPS) is 31.3. The van der Waals surface area contributed by atoms with Crippen LogP contribution >= 0.6 is 0 Å². The lowest BCUT2D eigenvalue weighted by atomic mass is 9.82. The van der Waals surface area contributed by atoms with E-state index in [1.165, 1.54) is 0 Å². The molecule has 0 saturated carbocycles. The number of carbonyl (C=O) groups is 2. The Morgan fingerprint density at radius 3 is 2.40 bits per heavy atom. The van der Waals surface area contributed by atoms with E-state index in [0.29, 0.717) is 32.0 Å². The highest BCUT2D eigenvalue weighted by Crippen LogP contribution is 2.28. The van der Waals surface area contributed by atoms with Crippen LogP contribution in [0.3, 0.4) is 0 Å². The van der Waals surface area contributed by atoms with Crippen molar-refractivity contribution in [2.75, 3.05) is 26.2 Å². The minimum atomic E-state index is -0.854. The Hall–Kier alpha value is -1.36. The minimum Gasteiger partial charge on any atom is -0.481 e. The number of allylic oxidation sites excluding steroid dienone is 2. The van der Waals surface area contributed by atoms with Crippen molar-refractivity contribution in [2.24, 2.45) is 11.8 Å². The van der Waals surface area contributed by atoms with E-state index in [1.807, 2.05) is 17.1 Å². The molecule has 1 N–H and O–H groups in total. The lowest BCUT2D eigenvalue weighted by molar-refractivity contribution is -0.151. The molecule has 0 spiro atoms. The third-order valence-corrected chi connectivity index (χ3v) is 4.55. The Balaban J connectivity index is 2.03. The molecule has 2 rings (SSSR count). The van der Waals surface area contributed by atoms with Gasteiger partial charge in [-0.15, -0.1) is 0 Å². The predicted molar refractivity (Wildman–Crippen MR) is 76.3 cm³/mol. The summed E-state index contributed by atoms with van der Waals surface area (Å²) >= 11 is 0. The molecule has 0 aromatic carbocycles. The van der Waals surface area contributed by atoms with Gasteiger partial charge in [0.15, 0.2) is 0 Å². The number of rotatable bonds is 3. The molecule has 5 heteroatoms. The summed E-state index contributed by atoms with van der Waals surface area (Å²) in [6, 6.07) is 0.347. The molecule has 5 nitrogen and oxygen atoms in total. The molecule has 1 aliphatic carbocycles. The SMILES string of the molecule is CCN1CCN(C(=O)[C@@H]2CC=CC[C@@H]2C(=O)O)CC1C. The molecule has 1 aliphatic heterocycles. The first-order chi connectivity index (χ1) is 9.54. The molecule has 2 aliphatic rings. The van der Waals surface area contributed by atoms with Gasteiger partial charge in [0.2, 0.25) is 5.91 Å². The molecule has 1 fully saturated rings. The molecule has 0 radical (unpaired) electrons. The van der Waals surface area contributed by atoms with Gasteiger partial charge < -0.3 is 10.0 Å². The van der Waals surface area contributed by atoms with E-state index in [1.54, 1.807) is 0 Å². The van der Waals surface area contributed by atoms with Crippen LogP contribution in [-0.4, -0.2) is 59.0 Å². The molecule has 1 unspecified atom stereocenters. The fraction of sp³-hybridized carbons (Fsp3) is 0.733. The highest BCUT2D eigenvalue weighted by atomic mass is 16.4. The van der Waals surface area contributed by atoms with Gasteiger partial charge in [-0.1, -0.05) is 19.1 Å². The molecule has 0 aromatic rings. The molecular weight excluding hydrogens is 256 g/mol. The third kappa shape index (κ3) is 3.03. The van der Waals surface area contributed by atoms with Gasteiger partial charge in [-0.3, -0.25) is 14.5 Å². The van der Waals surface area contributed by atoms with Crippen LogP contribution in [0.4, 0.5) is 0 Å². The number of hydrogen-bond donors (Lipinski definition) is 1. The molecule has 20 heavy (non-hydrogen) atoms. The zero-order chi connectivity index (χ0) is 14.7. The summed E-state index contributed by atoms with van der Waals surface area (Å²) in [6.45, 7) is 7.54. The van der Waals surface area contributed by atoms with Crippen LogP contribution in [0.2, 0.25) is 0 Å². The molecule has 1 heterocycles. The van der Waals surface area contributed by atoms with Crippen LogP contribution < -0.4 is 0 Å². The van der Waals surface area contributed by atoms with Gasteiger partial charge in [0.1, 0.15) is 0 Å². The van der Waals surface area contributed by atoms with Crippen molar-refractivity contribution < 1.29 is 14.7 Å². The summed E-state index contributed by atoms with van der Waals surface area (Å²) in [7, 11) is 0. The lowest BCUT2D eigenvalue weighted by Crippen LogP contribution is -2.55. The molecule has 112 valence electrons. The van der Waals surface area contributed by atoms with E-state index in [4.69, 9.17) is 0 Å². The lowest BCUT2D eigenvalue weighted by Gasteiger charge is -2.41. The smallest absolute Gasteiger partial charge is 0.307 e. The van der Waals surface area contributed by atoms with Crippen molar-refractivity contribution in [3.8, 4) is 0 Å². The van der Waals surface area contributed by atoms with Crippen molar-refractivity contribution >= 4 is 11.9 Å². The van der Waals surface area contributed by atoms with Crippen LogP contribution in [0.15, 0.2) is 12.2 Å². The Kier molecular flexibility index (Phi) is 4.81. The average Bonchev–Trinajstić information content (AvgIpc) is 2.46. The third-order valence-electron chi connectivity index (χ3n) is 4.55. The molecular formula is C15H24N2O3. The topological polar surface area (TPSA) is 60.9 Å². The zero-order valence-electron chi connectivity index (χ0n) is 12.3. The van der Waals surface area contributed by atoms with E-state index in [9.17, 15) is 14.7 Å². The van der Waals surface area contributed by atoms with Crippen LogP contribution in [0.5, 0.6) is 0 Å². The number of piperazine rings is 1. The van der Waals surface area contributed by atoms with Crippen LogP contribution in [0, 0.1) is 11.8 Å². The number of carbonyl (C=O) groups excluding carboxylic acids is 1. The largest absolute Gasteiger partial charge is 0.481 e. The van der Waals surface area contributed by atoms with E-state index < -0.39 is 17.8 Å². The van der Waals surface area contributed by atoms with Crippen molar-refractivity contribution in [3.63, 3.8) is 0 Å². The maximum absolute atomic E-state index is 12.6. The van der Waals surface area contributed by atoms with E-state index >= 15 is 0 Å². The number of aliphatic carboxylic acids is 1. The number of hydrogen-bond acceptors (Lipinski definition) is 3. The minimum absolute atomic E-state index is 0.0179. The van der Waals surface area contributed by atoms with Gasteiger partial charge in [-0.2, -0.15) is 0 Å². The maximum atomic E-state index is 12.6.